The first-order valence-corrected chi connectivity index (χ1v) is 6.83. The molecule has 0 saturated carbocycles. The van der Waals surface area contributed by atoms with Gasteiger partial charge in [0.05, 0.1) is 19.3 Å². The summed E-state index contributed by atoms with van der Waals surface area (Å²) >= 11 is 0. The first kappa shape index (κ1) is 14.9. The molecule has 0 fully saturated rings. The molecular formula is C15H20N4O2. The quantitative estimate of drug-likeness (QED) is 0.857. The third-order valence-electron chi connectivity index (χ3n) is 3.10. The van der Waals surface area contributed by atoms with E-state index in [1.54, 1.807) is 19.4 Å². The Morgan fingerprint density at radius 3 is 2.90 bits per heavy atom. The maximum atomic E-state index is 11.1. The second-order valence-electron chi connectivity index (χ2n) is 4.58. The van der Waals surface area contributed by atoms with Gasteiger partial charge in [-0.2, -0.15) is 0 Å². The molecule has 0 unspecified atom stereocenters. The Morgan fingerprint density at radius 1 is 1.43 bits per heavy atom. The van der Waals surface area contributed by atoms with E-state index < -0.39 is 0 Å². The van der Waals surface area contributed by atoms with Crippen molar-refractivity contribution in [1.29, 1.82) is 0 Å². The fourth-order valence-corrected chi connectivity index (χ4v) is 2.10. The summed E-state index contributed by atoms with van der Waals surface area (Å²) in [6.07, 6.45) is 3.73. The molecule has 1 aromatic carbocycles. The Hall–Kier alpha value is -2.50. The summed E-state index contributed by atoms with van der Waals surface area (Å²) in [6.45, 7) is 5.01. The van der Waals surface area contributed by atoms with Gasteiger partial charge in [-0.25, -0.2) is 4.98 Å². The smallest absolute Gasteiger partial charge is 0.221 e. The molecule has 21 heavy (non-hydrogen) atoms. The van der Waals surface area contributed by atoms with Gasteiger partial charge in [0.25, 0.3) is 0 Å². The molecule has 1 aromatic heterocycles. The van der Waals surface area contributed by atoms with Crippen molar-refractivity contribution in [2.75, 3.05) is 17.7 Å². The summed E-state index contributed by atoms with van der Waals surface area (Å²) in [4.78, 5) is 15.4. The number of rotatable bonds is 6. The third kappa shape index (κ3) is 3.75. The molecular weight excluding hydrogens is 268 g/mol. The molecule has 0 bridgehead atoms. The van der Waals surface area contributed by atoms with Gasteiger partial charge in [-0.3, -0.25) is 4.79 Å². The molecule has 2 aromatic rings. The van der Waals surface area contributed by atoms with Crippen LogP contribution in [-0.2, 0) is 17.9 Å². The molecule has 2 N–H and O–H groups in total. The van der Waals surface area contributed by atoms with E-state index in [0.29, 0.717) is 6.54 Å². The molecule has 6 nitrogen and oxygen atoms in total. The third-order valence-corrected chi connectivity index (χ3v) is 3.10. The first-order chi connectivity index (χ1) is 10.1. The van der Waals surface area contributed by atoms with Crippen molar-refractivity contribution in [3.63, 3.8) is 0 Å². The fourth-order valence-electron chi connectivity index (χ4n) is 2.10. The summed E-state index contributed by atoms with van der Waals surface area (Å²) in [7, 11) is 1.62. The lowest BCUT2D eigenvalue weighted by Crippen LogP contribution is -2.09. The average molecular weight is 288 g/mol. The lowest BCUT2D eigenvalue weighted by Gasteiger charge is -2.13. The predicted octanol–water partition coefficient (Wildman–Crippen LogP) is 2.48. The molecule has 0 saturated heterocycles. The minimum atomic E-state index is -0.104. The Balaban J connectivity index is 2.15. The number of aromatic nitrogens is 2. The lowest BCUT2D eigenvalue weighted by molar-refractivity contribution is -0.114. The highest BCUT2D eigenvalue weighted by Crippen LogP contribution is 2.28. The van der Waals surface area contributed by atoms with Gasteiger partial charge < -0.3 is 19.9 Å². The Labute approximate surface area is 124 Å². The minimum absolute atomic E-state index is 0.104. The number of anilines is 2. The topological polar surface area (TPSA) is 68.2 Å². The van der Waals surface area contributed by atoms with Crippen LogP contribution in [0, 0.1) is 0 Å². The highest BCUT2D eigenvalue weighted by molar-refractivity contribution is 5.89. The summed E-state index contributed by atoms with van der Waals surface area (Å²) in [6, 6.07) is 5.47. The van der Waals surface area contributed by atoms with Crippen LogP contribution < -0.4 is 15.4 Å². The van der Waals surface area contributed by atoms with Crippen LogP contribution in [-0.4, -0.2) is 22.6 Å². The van der Waals surface area contributed by atoms with E-state index >= 15 is 0 Å². The van der Waals surface area contributed by atoms with Crippen LogP contribution >= 0.6 is 0 Å². The molecule has 112 valence electrons. The van der Waals surface area contributed by atoms with Crippen molar-refractivity contribution in [3.05, 3.63) is 36.4 Å². The van der Waals surface area contributed by atoms with E-state index in [0.717, 1.165) is 29.5 Å². The SMILES string of the molecule is CCn1ccnc1CNc1cc(NC(C)=O)ccc1OC. The Bertz CT molecular complexity index is 622. The second kappa shape index (κ2) is 6.78. The van der Waals surface area contributed by atoms with Crippen LogP contribution in [0.4, 0.5) is 11.4 Å². The molecule has 1 heterocycles. The number of hydrogen-bond acceptors (Lipinski definition) is 4. The summed E-state index contributed by atoms with van der Waals surface area (Å²) in [5.74, 6) is 1.57. The minimum Gasteiger partial charge on any atom is -0.495 e. The highest BCUT2D eigenvalue weighted by Gasteiger charge is 2.07. The molecule has 2 rings (SSSR count). The molecule has 0 aliphatic carbocycles. The number of carbonyl (C=O) groups excluding carboxylic acids is 1. The number of carbonyl (C=O) groups is 1. The van der Waals surface area contributed by atoms with Gasteiger partial charge in [-0.15, -0.1) is 0 Å². The standard InChI is InChI=1S/C15H20N4O2/c1-4-19-8-7-16-15(19)10-17-13-9-12(18-11(2)20)5-6-14(13)21-3/h5-9,17H,4,10H2,1-3H3,(H,18,20). The van der Waals surface area contributed by atoms with E-state index in [9.17, 15) is 4.79 Å². The van der Waals surface area contributed by atoms with Crippen LogP contribution in [0.2, 0.25) is 0 Å². The number of nitrogens with one attached hydrogen (secondary N) is 2. The average Bonchev–Trinajstić information content (AvgIpc) is 2.92. The molecule has 1 amide bonds. The number of methoxy groups -OCH3 is 1. The van der Waals surface area contributed by atoms with Crippen LogP contribution in [0.5, 0.6) is 5.75 Å². The molecule has 0 atom stereocenters. The zero-order chi connectivity index (χ0) is 15.2. The van der Waals surface area contributed by atoms with E-state index in [-0.39, 0.29) is 5.91 Å². The molecule has 0 aliphatic rings. The predicted molar refractivity (Wildman–Crippen MR) is 82.5 cm³/mol. The summed E-state index contributed by atoms with van der Waals surface area (Å²) in [5, 5.41) is 6.05. The van der Waals surface area contributed by atoms with Crippen LogP contribution in [0.15, 0.2) is 30.6 Å². The van der Waals surface area contributed by atoms with Crippen molar-refractivity contribution < 1.29 is 9.53 Å². The number of hydrogen-bond donors (Lipinski definition) is 2. The Morgan fingerprint density at radius 2 is 2.24 bits per heavy atom. The zero-order valence-corrected chi connectivity index (χ0v) is 12.5. The largest absolute Gasteiger partial charge is 0.495 e. The molecule has 0 spiro atoms. The molecule has 0 aliphatic heterocycles. The monoisotopic (exact) mass is 288 g/mol. The van der Waals surface area contributed by atoms with Crippen molar-refractivity contribution in [2.45, 2.75) is 26.9 Å². The van der Waals surface area contributed by atoms with Crippen molar-refractivity contribution in [1.82, 2.24) is 9.55 Å². The van der Waals surface area contributed by atoms with Crippen LogP contribution in [0.1, 0.15) is 19.7 Å². The summed E-state index contributed by atoms with van der Waals surface area (Å²) < 4.78 is 7.40. The van der Waals surface area contributed by atoms with Crippen molar-refractivity contribution in [2.24, 2.45) is 0 Å². The summed E-state index contributed by atoms with van der Waals surface area (Å²) in [5.41, 5.74) is 1.54. The van der Waals surface area contributed by atoms with Crippen molar-refractivity contribution in [3.8, 4) is 5.75 Å². The first-order valence-electron chi connectivity index (χ1n) is 6.83. The van der Waals surface area contributed by atoms with Crippen molar-refractivity contribution >= 4 is 17.3 Å². The molecule has 6 heteroatoms. The molecule has 0 radical (unpaired) electrons. The number of nitrogens with zero attached hydrogens (tertiary/aromatic N) is 2. The van der Waals surface area contributed by atoms with Gasteiger partial charge in [-0.05, 0) is 25.1 Å². The van der Waals surface area contributed by atoms with Gasteiger partial charge in [-0.1, -0.05) is 0 Å². The van der Waals surface area contributed by atoms with Gasteiger partial charge in [0.15, 0.2) is 0 Å². The van der Waals surface area contributed by atoms with Crippen LogP contribution in [0.25, 0.3) is 0 Å². The fraction of sp³-hybridized carbons (Fsp3) is 0.333. The van der Waals surface area contributed by atoms with E-state index in [1.807, 2.05) is 18.3 Å². The maximum Gasteiger partial charge on any atom is 0.221 e. The zero-order valence-electron chi connectivity index (χ0n) is 12.5. The van der Waals surface area contributed by atoms with Gasteiger partial charge in [0.1, 0.15) is 11.6 Å². The number of aryl methyl sites for hydroxylation is 1. The second-order valence-corrected chi connectivity index (χ2v) is 4.58. The normalized spacial score (nSPS) is 10.2. The van der Waals surface area contributed by atoms with Gasteiger partial charge in [0, 0.05) is 31.5 Å². The van der Waals surface area contributed by atoms with E-state index in [4.69, 9.17) is 4.74 Å². The maximum absolute atomic E-state index is 11.1. The number of imidazole rings is 1. The number of amides is 1. The van der Waals surface area contributed by atoms with E-state index in [2.05, 4.69) is 27.1 Å². The highest BCUT2D eigenvalue weighted by atomic mass is 16.5. The Kier molecular flexibility index (Phi) is 4.81. The van der Waals surface area contributed by atoms with Crippen LogP contribution in [0.3, 0.4) is 0 Å². The number of ether oxygens (including phenoxy) is 1. The number of benzene rings is 1. The van der Waals surface area contributed by atoms with Gasteiger partial charge in [0.2, 0.25) is 5.91 Å². The lowest BCUT2D eigenvalue weighted by atomic mass is 10.2. The van der Waals surface area contributed by atoms with Gasteiger partial charge >= 0.3 is 0 Å². The van der Waals surface area contributed by atoms with E-state index in [1.165, 1.54) is 6.92 Å².